The van der Waals surface area contributed by atoms with Crippen LogP contribution in [0.1, 0.15) is 56.8 Å². The van der Waals surface area contributed by atoms with Crippen LogP contribution >= 0.6 is 11.8 Å². The minimum atomic E-state index is -0.124. The summed E-state index contributed by atoms with van der Waals surface area (Å²) in [4.78, 5) is 33.2. The SMILES string of the molecule is [B]N1CCC[C@@H](N(C(=O)c2ccc3c(c2)N(CCCCOC)C(=O)[C@@H](C)S3)C(C)C)C1. The molecular weight excluding hydrogens is 409 g/mol. The average molecular weight is 443 g/mol. The molecule has 1 aromatic carbocycles. The van der Waals surface area contributed by atoms with E-state index in [0.717, 1.165) is 42.8 Å². The Balaban J connectivity index is 1.86. The first-order valence-corrected chi connectivity index (χ1v) is 12.1. The number of nitrogens with zero attached hydrogens (tertiary/aromatic N) is 3. The van der Waals surface area contributed by atoms with Gasteiger partial charge in [0.25, 0.3) is 5.91 Å². The van der Waals surface area contributed by atoms with Gasteiger partial charge in [-0.15, -0.1) is 11.8 Å². The molecule has 0 saturated carbocycles. The van der Waals surface area contributed by atoms with Crippen LogP contribution in [0.15, 0.2) is 23.1 Å². The second kappa shape index (κ2) is 10.9. The molecule has 0 N–H and O–H groups in total. The van der Waals surface area contributed by atoms with Crippen molar-refractivity contribution in [1.29, 1.82) is 0 Å². The van der Waals surface area contributed by atoms with Crippen LogP contribution in [0.4, 0.5) is 5.69 Å². The minimum Gasteiger partial charge on any atom is -0.385 e. The molecule has 2 aliphatic heterocycles. The third-order valence-corrected chi connectivity index (χ3v) is 7.16. The Bertz CT molecular complexity index is 791. The quantitative estimate of drug-likeness (QED) is 0.456. The predicted octanol–water partition coefficient (Wildman–Crippen LogP) is 3.34. The van der Waals surface area contributed by atoms with Crippen molar-refractivity contribution in [2.75, 3.05) is 38.3 Å². The maximum absolute atomic E-state index is 13.6. The highest BCUT2D eigenvalue weighted by molar-refractivity contribution is 8.01. The number of ether oxygens (including phenoxy) is 1. The van der Waals surface area contributed by atoms with E-state index in [1.54, 1.807) is 18.9 Å². The van der Waals surface area contributed by atoms with Crippen molar-refractivity contribution < 1.29 is 14.3 Å². The van der Waals surface area contributed by atoms with Crippen LogP contribution in [0.2, 0.25) is 0 Å². The summed E-state index contributed by atoms with van der Waals surface area (Å²) in [7, 11) is 7.74. The number of hydrogen-bond acceptors (Lipinski definition) is 5. The normalized spacial score (nSPS) is 22.0. The summed E-state index contributed by atoms with van der Waals surface area (Å²) >= 11 is 1.57. The van der Waals surface area contributed by atoms with Crippen molar-refractivity contribution in [3.8, 4) is 0 Å². The number of anilines is 1. The van der Waals surface area contributed by atoms with Crippen LogP contribution in [-0.4, -0.2) is 80.2 Å². The van der Waals surface area contributed by atoms with Crippen LogP contribution in [0.25, 0.3) is 0 Å². The van der Waals surface area contributed by atoms with Gasteiger partial charge in [0, 0.05) is 49.3 Å². The highest BCUT2D eigenvalue weighted by atomic mass is 32.2. The zero-order valence-corrected chi connectivity index (χ0v) is 20.0. The van der Waals surface area contributed by atoms with Gasteiger partial charge in [0.1, 0.15) is 0 Å². The van der Waals surface area contributed by atoms with Gasteiger partial charge in [-0.2, -0.15) is 0 Å². The summed E-state index contributed by atoms with van der Waals surface area (Å²) in [5.74, 6) is 0.111. The lowest BCUT2D eigenvalue weighted by molar-refractivity contribution is -0.118. The Morgan fingerprint density at radius 1 is 1.35 bits per heavy atom. The van der Waals surface area contributed by atoms with Crippen LogP contribution in [0.5, 0.6) is 0 Å². The highest BCUT2D eigenvalue weighted by Crippen LogP contribution is 2.40. The lowest BCUT2D eigenvalue weighted by atomic mass is 9.98. The first-order valence-electron chi connectivity index (χ1n) is 11.3. The molecule has 2 aliphatic rings. The van der Waals surface area contributed by atoms with Gasteiger partial charge in [0.05, 0.1) is 10.9 Å². The van der Waals surface area contributed by atoms with Gasteiger partial charge in [-0.3, -0.25) is 9.59 Å². The first-order chi connectivity index (χ1) is 14.8. The summed E-state index contributed by atoms with van der Waals surface area (Å²) in [6.07, 6.45) is 3.70. The topological polar surface area (TPSA) is 53.1 Å². The Labute approximate surface area is 192 Å². The lowest BCUT2D eigenvalue weighted by Crippen LogP contribution is -2.52. The molecule has 0 bridgehead atoms. The zero-order valence-electron chi connectivity index (χ0n) is 19.2. The summed E-state index contributed by atoms with van der Waals surface area (Å²) in [6.45, 7) is 8.91. The molecule has 31 heavy (non-hydrogen) atoms. The van der Waals surface area contributed by atoms with E-state index in [4.69, 9.17) is 12.7 Å². The van der Waals surface area contributed by atoms with Gasteiger partial charge in [0.2, 0.25) is 5.91 Å². The number of carbonyl (C=O) groups excluding carboxylic acids is 2. The molecule has 6 nitrogen and oxygen atoms in total. The van der Waals surface area contributed by atoms with Gasteiger partial charge in [0.15, 0.2) is 7.98 Å². The molecule has 3 rings (SSSR count). The van der Waals surface area contributed by atoms with E-state index in [1.165, 1.54) is 0 Å². The number of piperidine rings is 1. The number of methoxy groups -OCH3 is 1. The molecular formula is C23H34BN3O3S. The molecule has 2 atom stereocenters. The van der Waals surface area contributed by atoms with Crippen molar-refractivity contribution in [3.05, 3.63) is 23.8 Å². The Morgan fingerprint density at radius 2 is 2.13 bits per heavy atom. The molecule has 2 radical (unpaired) electrons. The van der Waals surface area contributed by atoms with E-state index in [-0.39, 0.29) is 29.1 Å². The molecule has 2 heterocycles. The van der Waals surface area contributed by atoms with E-state index in [2.05, 4.69) is 13.8 Å². The predicted molar refractivity (Wildman–Crippen MR) is 127 cm³/mol. The summed E-state index contributed by atoms with van der Waals surface area (Å²) < 4.78 is 5.14. The van der Waals surface area contributed by atoms with Crippen LogP contribution in [-0.2, 0) is 9.53 Å². The average Bonchev–Trinajstić information content (AvgIpc) is 2.73. The van der Waals surface area contributed by atoms with E-state index in [1.807, 2.05) is 39.7 Å². The molecule has 0 unspecified atom stereocenters. The summed E-state index contributed by atoms with van der Waals surface area (Å²) in [6, 6.07) is 5.97. The van der Waals surface area contributed by atoms with Gasteiger partial charge < -0.3 is 19.3 Å². The molecule has 1 saturated heterocycles. The highest BCUT2D eigenvalue weighted by Gasteiger charge is 2.33. The Morgan fingerprint density at radius 3 is 2.81 bits per heavy atom. The molecule has 1 fully saturated rings. The number of benzene rings is 1. The Hall–Kier alpha value is -1.51. The molecule has 1 aromatic rings. The minimum absolute atomic E-state index is 0.00787. The van der Waals surface area contributed by atoms with E-state index < -0.39 is 0 Å². The van der Waals surface area contributed by atoms with E-state index in [9.17, 15) is 9.59 Å². The fraction of sp³-hybridized carbons (Fsp3) is 0.652. The number of unbranched alkanes of at least 4 members (excludes halogenated alkanes) is 1. The smallest absolute Gasteiger partial charge is 0.254 e. The number of amides is 2. The Kier molecular flexibility index (Phi) is 8.47. The van der Waals surface area contributed by atoms with Crippen molar-refractivity contribution in [2.45, 2.75) is 68.7 Å². The van der Waals surface area contributed by atoms with E-state index >= 15 is 0 Å². The van der Waals surface area contributed by atoms with Crippen molar-refractivity contribution in [2.24, 2.45) is 0 Å². The third kappa shape index (κ3) is 5.65. The fourth-order valence-corrected chi connectivity index (χ4v) is 5.51. The molecule has 2 amide bonds. The van der Waals surface area contributed by atoms with Gasteiger partial charge >= 0.3 is 0 Å². The van der Waals surface area contributed by atoms with Gasteiger partial charge in [-0.1, -0.05) is 0 Å². The molecule has 168 valence electrons. The maximum atomic E-state index is 13.6. The van der Waals surface area contributed by atoms with Crippen LogP contribution in [0.3, 0.4) is 0 Å². The third-order valence-electron chi connectivity index (χ3n) is 6.01. The standard InChI is InChI=1S/C23H34BN3O3S/c1-16(2)27(19-8-7-11-25(24)15-19)23(29)18-9-10-21-20(14-18)26(12-5-6-13-30-4)22(28)17(3)31-21/h9-10,14,16-17,19H,5-8,11-13,15H2,1-4H3/t17-,19-/m1/s1. The van der Waals surface area contributed by atoms with Crippen LogP contribution < -0.4 is 4.90 Å². The van der Waals surface area contributed by atoms with Gasteiger partial charge in [-0.05, 0) is 71.2 Å². The second-order valence-electron chi connectivity index (χ2n) is 8.73. The number of hydrogen-bond donors (Lipinski definition) is 0. The molecule has 8 heteroatoms. The second-order valence-corrected chi connectivity index (χ2v) is 10.1. The van der Waals surface area contributed by atoms with Crippen LogP contribution in [0, 0.1) is 0 Å². The molecule has 0 aromatic heterocycles. The molecule has 0 aliphatic carbocycles. The van der Waals surface area contributed by atoms with Crippen molar-refractivity contribution >= 4 is 37.2 Å². The van der Waals surface area contributed by atoms with Crippen molar-refractivity contribution in [1.82, 2.24) is 9.71 Å². The monoisotopic (exact) mass is 443 g/mol. The lowest BCUT2D eigenvalue weighted by Gasteiger charge is -2.41. The van der Waals surface area contributed by atoms with Crippen molar-refractivity contribution in [3.63, 3.8) is 0 Å². The van der Waals surface area contributed by atoms with Gasteiger partial charge in [-0.25, -0.2) is 0 Å². The zero-order chi connectivity index (χ0) is 22.5. The fourth-order valence-electron chi connectivity index (χ4n) is 4.47. The number of fused-ring (bicyclic) bond motifs is 1. The largest absolute Gasteiger partial charge is 0.385 e. The van der Waals surface area contributed by atoms with E-state index in [0.29, 0.717) is 25.3 Å². The summed E-state index contributed by atoms with van der Waals surface area (Å²) in [5.41, 5.74) is 1.48. The number of carbonyl (C=O) groups is 2. The summed E-state index contributed by atoms with van der Waals surface area (Å²) in [5, 5.41) is -0.124. The number of rotatable bonds is 8. The maximum Gasteiger partial charge on any atom is 0.254 e. The molecule has 0 spiro atoms. The number of thioether (sulfide) groups is 1. The first kappa shape index (κ1) is 24.1.